The van der Waals surface area contributed by atoms with Gasteiger partial charge in [0.25, 0.3) is 0 Å². The van der Waals surface area contributed by atoms with Crippen molar-refractivity contribution in [2.24, 2.45) is 0 Å². The molecule has 3 heteroatoms. The van der Waals surface area contributed by atoms with Gasteiger partial charge in [-0.15, -0.1) is 0 Å². The van der Waals surface area contributed by atoms with E-state index < -0.39 is 0 Å². The van der Waals surface area contributed by atoms with E-state index in [9.17, 15) is 0 Å². The summed E-state index contributed by atoms with van der Waals surface area (Å²) < 4.78 is 0. The number of hydrazine groups is 1. The van der Waals surface area contributed by atoms with Crippen LogP contribution < -0.4 is 10.9 Å². The lowest BCUT2D eigenvalue weighted by atomic mass is 10.2. The first-order chi connectivity index (χ1) is 5.93. The number of pyridine rings is 1. The first kappa shape index (κ1) is 9.16. The average molecular weight is 165 g/mol. The summed E-state index contributed by atoms with van der Waals surface area (Å²) in [6.45, 7) is 0.979. The topological polar surface area (TPSA) is 37.0 Å². The Labute approximate surface area is 73.2 Å². The van der Waals surface area contributed by atoms with E-state index in [2.05, 4.69) is 21.9 Å². The number of hydrogen-bond donors (Lipinski definition) is 2. The zero-order valence-electron chi connectivity index (χ0n) is 7.38. The maximum absolute atomic E-state index is 4.23. The van der Waals surface area contributed by atoms with Crippen LogP contribution in [-0.2, 0) is 6.42 Å². The zero-order valence-corrected chi connectivity index (χ0v) is 7.38. The number of nitrogens with one attached hydrogen (secondary N) is 2. The van der Waals surface area contributed by atoms with Gasteiger partial charge in [-0.25, -0.2) is 0 Å². The Morgan fingerprint density at radius 1 is 1.42 bits per heavy atom. The largest absolute Gasteiger partial charge is 0.261 e. The van der Waals surface area contributed by atoms with Gasteiger partial charge >= 0.3 is 0 Å². The van der Waals surface area contributed by atoms with Crippen molar-refractivity contribution in [2.45, 2.75) is 12.8 Å². The van der Waals surface area contributed by atoms with Crippen molar-refractivity contribution < 1.29 is 0 Å². The molecule has 0 spiro atoms. The second-order valence-electron chi connectivity index (χ2n) is 2.60. The third kappa shape index (κ3) is 3.46. The van der Waals surface area contributed by atoms with E-state index in [1.165, 1.54) is 0 Å². The van der Waals surface area contributed by atoms with Gasteiger partial charge in [0, 0.05) is 18.4 Å². The Bertz CT molecular complexity index is 198. The van der Waals surface area contributed by atoms with E-state index in [0.717, 1.165) is 25.1 Å². The summed E-state index contributed by atoms with van der Waals surface area (Å²) in [6, 6.07) is 6.02. The first-order valence-electron chi connectivity index (χ1n) is 4.23. The number of rotatable bonds is 5. The maximum atomic E-state index is 4.23. The highest BCUT2D eigenvalue weighted by Gasteiger charge is 1.91. The smallest absolute Gasteiger partial charge is 0.0404 e. The molecule has 0 aliphatic carbocycles. The molecule has 0 radical (unpaired) electrons. The molecule has 2 N–H and O–H groups in total. The predicted molar refractivity (Wildman–Crippen MR) is 49.6 cm³/mol. The van der Waals surface area contributed by atoms with E-state index >= 15 is 0 Å². The van der Waals surface area contributed by atoms with Crippen LogP contribution in [0.25, 0.3) is 0 Å². The van der Waals surface area contributed by atoms with Gasteiger partial charge in [0.05, 0.1) is 0 Å². The quantitative estimate of drug-likeness (QED) is 0.499. The van der Waals surface area contributed by atoms with Gasteiger partial charge in [-0.2, -0.15) is 0 Å². The number of nitrogens with zero attached hydrogens (tertiary/aromatic N) is 1. The fraction of sp³-hybridized carbons (Fsp3) is 0.444. The minimum atomic E-state index is 0.979. The highest BCUT2D eigenvalue weighted by Crippen LogP contribution is 1.96. The molecule has 3 nitrogen and oxygen atoms in total. The van der Waals surface area contributed by atoms with Crippen LogP contribution in [0, 0.1) is 0 Å². The van der Waals surface area contributed by atoms with Crippen molar-refractivity contribution in [3.05, 3.63) is 30.1 Å². The molecule has 0 saturated carbocycles. The third-order valence-corrected chi connectivity index (χ3v) is 1.64. The summed E-state index contributed by atoms with van der Waals surface area (Å²) >= 11 is 0. The van der Waals surface area contributed by atoms with Gasteiger partial charge in [0.1, 0.15) is 0 Å². The molecule has 12 heavy (non-hydrogen) atoms. The Morgan fingerprint density at radius 2 is 2.33 bits per heavy atom. The van der Waals surface area contributed by atoms with Gasteiger partial charge in [0.2, 0.25) is 0 Å². The molecule has 1 heterocycles. The minimum Gasteiger partial charge on any atom is -0.261 e. The number of aromatic nitrogens is 1. The molecule has 0 bridgehead atoms. The Kier molecular flexibility index (Phi) is 4.34. The number of hydrogen-bond acceptors (Lipinski definition) is 3. The van der Waals surface area contributed by atoms with Gasteiger partial charge in [0.15, 0.2) is 0 Å². The van der Waals surface area contributed by atoms with Crippen molar-refractivity contribution in [1.82, 2.24) is 15.8 Å². The van der Waals surface area contributed by atoms with E-state index in [0.29, 0.717) is 0 Å². The summed E-state index contributed by atoms with van der Waals surface area (Å²) in [6.07, 6.45) is 3.98. The van der Waals surface area contributed by atoms with Crippen LogP contribution in [0.3, 0.4) is 0 Å². The molecule has 0 fully saturated rings. The lowest BCUT2D eigenvalue weighted by Gasteiger charge is -2.01. The molecular weight excluding hydrogens is 150 g/mol. The maximum Gasteiger partial charge on any atom is 0.0404 e. The molecule has 0 amide bonds. The van der Waals surface area contributed by atoms with Crippen molar-refractivity contribution in [3.8, 4) is 0 Å². The molecule has 0 atom stereocenters. The van der Waals surface area contributed by atoms with Crippen LogP contribution in [0.1, 0.15) is 12.1 Å². The van der Waals surface area contributed by atoms with Crippen molar-refractivity contribution in [3.63, 3.8) is 0 Å². The van der Waals surface area contributed by atoms with Crippen molar-refractivity contribution in [2.75, 3.05) is 13.6 Å². The Balaban J connectivity index is 2.16. The predicted octanol–water partition coefficient (Wildman–Crippen LogP) is 0.738. The molecule has 1 aromatic rings. The summed E-state index contributed by atoms with van der Waals surface area (Å²) in [5.74, 6) is 0. The first-order valence-corrected chi connectivity index (χ1v) is 4.23. The molecule has 0 aromatic carbocycles. The normalized spacial score (nSPS) is 10.1. The van der Waals surface area contributed by atoms with Crippen LogP contribution in [0.2, 0.25) is 0 Å². The van der Waals surface area contributed by atoms with Crippen molar-refractivity contribution >= 4 is 0 Å². The monoisotopic (exact) mass is 165 g/mol. The molecule has 0 unspecified atom stereocenters. The molecule has 0 aliphatic rings. The fourth-order valence-electron chi connectivity index (χ4n) is 1.03. The van der Waals surface area contributed by atoms with Crippen LogP contribution in [-0.4, -0.2) is 18.6 Å². The third-order valence-electron chi connectivity index (χ3n) is 1.64. The van der Waals surface area contributed by atoms with Gasteiger partial charge in [-0.3, -0.25) is 15.8 Å². The molecule has 0 saturated heterocycles. The highest BCUT2D eigenvalue weighted by atomic mass is 15.3. The second kappa shape index (κ2) is 5.69. The molecule has 0 aliphatic heterocycles. The standard InChI is InChI=1S/C9H15N3/c1-10-12-8-4-6-9-5-2-3-7-11-9/h2-3,5,7,10,12H,4,6,8H2,1H3. The SMILES string of the molecule is CNNCCCc1ccccn1. The van der Waals surface area contributed by atoms with Gasteiger partial charge < -0.3 is 0 Å². The van der Waals surface area contributed by atoms with Crippen LogP contribution >= 0.6 is 0 Å². The molecular formula is C9H15N3. The van der Waals surface area contributed by atoms with E-state index in [1.54, 1.807) is 0 Å². The molecule has 1 aromatic heterocycles. The summed E-state index contributed by atoms with van der Waals surface area (Å²) in [5, 5.41) is 0. The lowest BCUT2D eigenvalue weighted by molar-refractivity contribution is 0.573. The zero-order chi connectivity index (χ0) is 8.65. The van der Waals surface area contributed by atoms with Crippen LogP contribution in [0.4, 0.5) is 0 Å². The lowest BCUT2D eigenvalue weighted by Crippen LogP contribution is -2.28. The minimum absolute atomic E-state index is 0.979. The fourth-order valence-corrected chi connectivity index (χ4v) is 1.03. The Morgan fingerprint density at radius 3 is 3.00 bits per heavy atom. The van der Waals surface area contributed by atoms with Crippen molar-refractivity contribution in [1.29, 1.82) is 0 Å². The van der Waals surface area contributed by atoms with Gasteiger partial charge in [-0.05, 0) is 32.0 Å². The molecule has 1 rings (SSSR count). The summed E-state index contributed by atoms with van der Waals surface area (Å²) in [7, 11) is 1.88. The van der Waals surface area contributed by atoms with E-state index in [4.69, 9.17) is 0 Å². The van der Waals surface area contributed by atoms with Gasteiger partial charge in [-0.1, -0.05) is 6.07 Å². The van der Waals surface area contributed by atoms with Crippen LogP contribution in [0.15, 0.2) is 24.4 Å². The Hall–Kier alpha value is -0.930. The molecule has 66 valence electrons. The average Bonchev–Trinajstić information content (AvgIpc) is 2.14. The summed E-state index contributed by atoms with van der Waals surface area (Å²) in [5.41, 5.74) is 7.09. The van der Waals surface area contributed by atoms with Crippen LogP contribution in [0.5, 0.6) is 0 Å². The highest BCUT2D eigenvalue weighted by molar-refractivity contribution is 5.03. The van der Waals surface area contributed by atoms with E-state index in [-0.39, 0.29) is 0 Å². The second-order valence-corrected chi connectivity index (χ2v) is 2.60. The summed E-state index contributed by atoms with van der Waals surface area (Å²) in [4.78, 5) is 4.23. The number of aryl methyl sites for hydroxylation is 1. The van der Waals surface area contributed by atoms with E-state index in [1.807, 2.05) is 25.4 Å².